The molecule has 0 radical (unpaired) electrons. The van der Waals surface area contributed by atoms with Crippen molar-refractivity contribution in [2.45, 2.75) is 19.4 Å². The first-order chi connectivity index (χ1) is 8.63. The van der Waals surface area contributed by atoms with Crippen molar-refractivity contribution >= 4 is 30.1 Å². The SMILES string of the molecule is CC(=O)NC(CS)C(=O)N1CCc2ccccc21. The molecule has 4 nitrogen and oxygen atoms in total. The van der Waals surface area contributed by atoms with Gasteiger partial charge in [0.05, 0.1) is 0 Å². The van der Waals surface area contributed by atoms with E-state index in [-0.39, 0.29) is 11.8 Å². The Balaban J connectivity index is 2.17. The maximum atomic E-state index is 12.3. The number of para-hydroxylation sites is 1. The number of rotatable bonds is 3. The molecule has 5 heteroatoms. The molecule has 1 atom stereocenters. The van der Waals surface area contributed by atoms with Crippen LogP contribution < -0.4 is 10.2 Å². The number of carbonyl (C=O) groups is 2. The number of hydrogen-bond donors (Lipinski definition) is 2. The van der Waals surface area contributed by atoms with Crippen molar-refractivity contribution in [3.05, 3.63) is 29.8 Å². The highest BCUT2D eigenvalue weighted by Gasteiger charge is 2.29. The second-order valence-corrected chi connectivity index (χ2v) is 4.67. The van der Waals surface area contributed by atoms with Gasteiger partial charge in [0.15, 0.2) is 0 Å². The van der Waals surface area contributed by atoms with Gasteiger partial charge in [-0.05, 0) is 18.1 Å². The highest BCUT2D eigenvalue weighted by Crippen LogP contribution is 2.27. The average Bonchev–Trinajstić information content (AvgIpc) is 2.78. The Morgan fingerprint density at radius 3 is 2.83 bits per heavy atom. The Morgan fingerprint density at radius 1 is 1.44 bits per heavy atom. The van der Waals surface area contributed by atoms with E-state index in [9.17, 15) is 9.59 Å². The molecule has 0 bridgehead atoms. The van der Waals surface area contributed by atoms with Crippen LogP contribution in [0.3, 0.4) is 0 Å². The molecule has 1 aromatic rings. The number of hydrogen-bond acceptors (Lipinski definition) is 3. The predicted octanol–water partition coefficient (Wildman–Crippen LogP) is 1.01. The second-order valence-electron chi connectivity index (χ2n) is 4.30. The van der Waals surface area contributed by atoms with E-state index in [2.05, 4.69) is 17.9 Å². The molecule has 0 fully saturated rings. The van der Waals surface area contributed by atoms with E-state index in [1.807, 2.05) is 24.3 Å². The quantitative estimate of drug-likeness (QED) is 0.801. The van der Waals surface area contributed by atoms with E-state index in [1.54, 1.807) is 4.90 Å². The number of nitrogens with zero attached hydrogens (tertiary/aromatic N) is 1. The van der Waals surface area contributed by atoms with Crippen LogP contribution in [0.4, 0.5) is 5.69 Å². The molecule has 1 N–H and O–H groups in total. The summed E-state index contributed by atoms with van der Waals surface area (Å²) in [5, 5.41) is 2.63. The zero-order chi connectivity index (χ0) is 13.1. The summed E-state index contributed by atoms with van der Waals surface area (Å²) in [5.41, 5.74) is 2.12. The molecular weight excluding hydrogens is 248 g/mol. The number of anilines is 1. The minimum absolute atomic E-state index is 0.0925. The molecule has 1 heterocycles. The van der Waals surface area contributed by atoms with Crippen LogP contribution in [0.5, 0.6) is 0 Å². The van der Waals surface area contributed by atoms with Gasteiger partial charge in [-0.15, -0.1) is 0 Å². The van der Waals surface area contributed by atoms with Crippen LogP contribution in [0, 0.1) is 0 Å². The second kappa shape index (κ2) is 5.44. The van der Waals surface area contributed by atoms with Gasteiger partial charge >= 0.3 is 0 Å². The van der Waals surface area contributed by atoms with Crippen molar-refractivity contribution in [3.63, 3.8) is 0 Å². The molecule has 2 rings (SSSR count). The standard InChI is InChI=1S/C13H16N2O2S/c1-9(16)14-11(8-18)13(17)15-7-6-10-4-2-3-5-12(10)15/h2-5,11,18H,6-8H2,1H3,(H,14,16). The Bertz CT molecular complexity index is 476. The molecule has 1 aromatic carbocycles. The van der Waals surface area contributed by atoms with Gasteiger partial charge in [-0.2, -0.15) is 12.6 Å². The number of nitrogens with one attached hydrogen (secondary N) is 1. The van der Waals surface area contributed by atoms with Gasteiger partial charge in [0.2, 0.25) is 11.8 Å². The summed E-state index contributed by atoms with van der Waals surface area (Å²) in [4.78, 5) is 25.1. The third kappa shape index (κ3) is 2.51. The largest absolute Gasteiger partial charge is 0.344 e. The molecule has 96 valence electrons. The molecule has 0 saturated carbocycles. The summed E-state index contributed by atoms with van der Waals surface area (Å²) in [6, 6.07) is 7.28. The zero-order valence-corrected chi connectivity index (χ0v) is 11.1. The lowest BCUT2D eigenvalue weighted by atomic mass is 10.2. The first-order valence-electron chi connectivity index (χ1n) is 5.90. The Hall–Kier alpha value is -1.49. The Morgan fingerprint density at radius 2 is 2.17 bits per heavy atom. The van der Waals surface area contributed by atoms with Crippen LogP contribution in [0.25, 0.3) is 0 Å². The van der Waals surface area contributed by atoms with Crippen LogP contribution in [0.15, 0.2) is 24.3 Å². The normalized spacial score (nSPS) is 15.1. The summed E-state index contributed by atoms with van der Waals surface area (Å²) < 4.78 is 0. The lowest BCUT2D eigenvalue weighted by Crippen LogP contribution is -2.48. The van der Waals surface area contributed by atoms with Gasteiger partial charge in [0.25, 0.3) is 0 Å². The first kappa shape index (κ1) is 13.0. The third-order valence-electron chi connectivity index (χ3n) is 3.01. The summed E-state index contributed by atoms with van der Waals surface area (Å²) in [7, 11) is 0. The molecule has 0 spiro atoms. The molecular formula is C13H16N2O2S. The fraction of sp³-hybridized carbons (Fsp3) is 0.385. The van der Waals surface area contributed by atoms with Gasteiger partial charge in [0.1, 0.15) is 6.04 Å². The number of thiol groups is 1. The number of fused-ring (bicyclic) bond motifs is 1. The van der Waals surface area contributed by atoms with Gasteiger partial charge in [-0.1, -0.05) is 18.2 Å². The molecule has 0 aliphatic carbocycles. The molecule has 2 amide bonds. The summed E-state index contributed by atoms with van der Waals surface area (Å²) >= 11 is 4.13. The van der Waals surface area contributed by atoms with Crippen molar-refractivity contribution in [1.29, 1.82) is 0 Å². The highest BCUT2D eigenvalue weighted by molar-refractivity contribution is 7.80. The van der Waals surface area contributed by atoms with Gasteiger partial charge in [0, 0.05) is 24.9 Å². The van der Waals surface area contributed by atoms with Crippen LogP contribution in [0.1, 0.15) is 12.5 Å². The lowest BCUT2D eigenvalue weighted by Gasteiger charge is -2.23. The van der Waals surface area contributed by atoms with Crippen LogP contribution >= 0.6 is 12.6 Å². The van der Waals surface area contributed by atoms with Crippen molar-refractivity contribution in [2.75, 3.05) is 17.2 Å². The predicted molar refractivity (Wildman–Crippen MR) is 74.0 cm³/mol. The van der Waals surface area contributed by atoms with E-state index in [0.717, 1.165) is 12.1 Å². The molecule has 1 unspecified atom stereocenters. The molecule has 18 heavy (non-hydrogen) atoms. The van der Waals surface area contributed by atoms with Crippen molar-refractivity contribution in [3.8, 4) is 0 Å². The van der Waals surface area contributed by atoms with Gasteiger partial charge < -0.3 is 10.2 Å². The summed E-state index contributed by atoms with van der Waals surface area (Å²) in [5.74, 6) is -0.00287. The minimum atomic E-state index is -0.558. The number of amides is 2. The van der Waals surface area contributed by atoms with E-state index >= 15 is 0 Å². The Kier molecular flexibility index (Phi) is 3.91. The maximum absolute atomic E-state index is 12.3. The number of carbonyl (C=O) groups excluding carboxylic acids is 2. The van der Waals surface area contributed by atoms with E-state index in [1.165, 1.54) is 12.5 Å². The van der Waals surface area contributed by atoms with Gasteiger partial charge in [-0.25, -0.2) is 0 Å². The zero-order valence-electron chi connectivity index (χ0n) is 10.2. The van der Waals surface area contributed by atoms with Crippen LogP contribution in [-0.2, 0) is 16.0 Å². The topological polar surface area (TPSA) is 49.4 Å². The highest BCUT2D eigenvalue weighted by atomic mass is 32.1. The van der Waals surface area contributed by atoms with Crippen LogP contribution in [0.2, 0.25) is 0 Å². The Labute approximate surface area is 112 Å². The van der Waals surface area contributed by atoms with Crippen molar-refractivity contribution in [1.82, 2.24) is 5.32 Å². The van der Waals surface area contributed by atoms with Gasteiger partial charge in [-0.3, -0.25) is 9.59 Å². The van der Waals surface area contributed by atoms with Crippen LogP contribution in [-0.4, -0.2) is 30.2 Å². The lowest BCUT2D eigenvalue weighted by molar-refractivity contribution is -0.125. The first-order valence-corrected chi connectivity index (χ1v) is 6.54. The maximum Gasteiger partial charge on any atom is 0.250 e. The van der Waals surface area contributed by atoms with E-state index < -0.39 is 6.04 Å². The molecule has 1 aliphatic rings. The number of benzene rings is 1. The summed E-state index contributed by atoms with van der Waals surface area (Å²) in [6.45, 7) is 2.07. The fourth-order valence-electron chi connectivity index (χ4n) is 2.19. The molecule has 0 aromatic heterocycles. The van der Waals surface area contributed by atoms with Crippen molar-refractivity contribution in [2.24, 2.45) is 0 Å². The fourth-order valence-corrected chi connectivity index (χ4v) is 2.43. The third-order valence-corrected chi connectivity index (χ3v) is 3.38. The smallest absolute Gasteiger partial charge is 0.250 e. The molecule has 0 saturated heterocycles. The summed E-state index contributed by atoms with van der Waals surface area (Å²) in [6.07, 6.45) is 0.862. The molecule has 1 aliphatic heterocycles. The monoisotopic (exact) mass is 264 g/mol. The van der Waals surface area contributed by atoms with E-state index in [0.29, 0.717) is 12.3 Å². The van der Waals surface area contributed by atoms with E-state index in [4.69, 9.17) is 0 Å². The van der Waals surface area contributed by atoms with Crippen molar-refractivity contribution < 1.29 is 9.59 Å². The minimum Gasteiger partial charge on any atom is -0.344 e. The average molecular weight is 264 g/mol.